The second kappa shape index (κ2) is 7.75. The van der Waals surface area contributed by atoms with Crippen LogP contribution in [-0.2, 0) is 17.0 Å². The Balaban J connectivity index is 1.77. The first-order valence-electron chi connectivity index (χ1n) is 10.1. The van der Waals surface area contributed by atoms with Crippen molar-refractivity contribution in [2.75, 3.05) is 31.1 Å². The summed E-state index contributed by atoms with van der Waals surface area (Å²) in [6.07, 6.45) is 3.06. The van der Waals surface area contributed by atoms with Crippen molar-refractivity contribution in [1.82, 2.24) is 4.90 Å². The van der Waals surface area contributed by atoms with Gasteiger partial charge in [-0.15, -0.1) is 0 Å². The number of nitriles is 1. The van der Waals surface area contributed by atoms with E-state index in [1.807, 2.05) is 35.7 Å². The Morgan fingerprint density at radius 3 is 2.69 bits per heavy atom. The highest BCUT2D eigenvalue weighted by Gasteiger charge is 2.37. The summed E-state index contributed by atoms with van der Waals surface area (Å²) in [5, 5.41) is 10.1. The molecule has 152 valence electrons. The molecule has 0 aromatic carbocycles. The van der Waals surface area contributed by atoms with Gasteiger partial charge in [0.05, 0.1) is 19.4 Å². The molecule has 2 aromatic rings. The van der Waals surface area contributed by atoms with Crippen LogP contribution in [0.1, 0.15) is 43.9 Å². The average Bonchev–Trinajstić information content (AvgIpc) is 3.26. The summed E-state index contributed by atoms with van der Waals surface area (Å²) in [4.78, 5) is 19.7. The standard InChI is InChI=1S/C22H26N4O2S/c1-4-19(27)25-7-9-26(10-8-25)21-16(13-23)15-12-22(2,3)29-14-17(15)20(24-21)18-6-5-11-28-18/h5-6,11H,4,7-10,12,14H2,1-3H3/p+1. The van der Waals surface area contributed by atoms with Crippen LogP contribution < -0.4 is 9.88 Å². The Labute approximate surface area is 175 Å². The van der Waals surface area contributed by atoms with Crippen molar-refractivity contribution in [3.05, 3.63) is 35.1 Å². The van der Waals surface area contributed by atoms with E-state index in [1.165, 1.54) is 5.56 Å². The van der Waals surface area contributed by atoms with Gasteiger partial charge in [0, 0.05) is 22.5 Å². The third-order valence-electron chi connectivity index (χ3n) is 5.79. The molecule has 1 N–H and O–H groups in total. The number of rotatable bonds is 3. The van der Waals surface area contributed by atoms with E-state index in [1.54, 1.807) is 6.26 Å². The zero-order valence-electron chi connectivity index (χ0n) is 17.2. The van der Waals surface area contributed by atoms with E-state index < -0.39 is 0 Å². The molecule has 0 aliphatic carbocycles. The van der Waals surface area contributed by atoms with Crippen molar-refractivity contribution >= 4 is 23.5 Å². The lowest BCUT2D eigenvalue weighted by atomic mass is 9.91. The summed E-state index contributed by atoms with van der Waals surface area (Å²) in [5.74, 6) is 2.69. The number of H-pyrrole nitrogens is 1. The molecule has 4 rings (SSSR count). The number of anilines is 1. The number of fused-ring (bicyclic) bond motifs is 1. The molecule has 2 aliphatic heterocycles. The number of furan rings is 1. The van der Waals surface area contributed by atoms with Crippen LogP contribution in [0, 0.1) is 11.3 Å². The molecule has 0 saturated carbocycles. The molecule has 6 nitrogen and oxygen atoms in total. The summed E-state index contributed by atoms with van der Waals surface area (Å²) in [5.41, 5.74) is 4.00. The smallest absolute Gasteiger partial charge is 0.293 e. The van der Waals surface area contributed by atoms with Crippen LogP contribution in [0.5, 0.6) is 0 Å². The van der Waals surface area contributed by atoms with Crippen molar-refractivity contribution in [2.45, 2.75) is 44.1 Å². The molecule has 1 amide bonds. The van der Waals surface area contributed by atoms with Crippen LogP contribution in [0.3, 0.4) is 0 Å². The van der Waals surface area contributed by atoms with E-state index in [4.69, 9.17) is 4.42 Å². The maximum Gasteiger partial charge on any atom is 0.293 e. The number of piperazine rings is 1. The lowest BCUT2D eigenvalue weighted by Crippen LogP contribution is -2.50. The predicted octanol–water partition coefficient (Wildman–Crippen LogP) is 3.26. The van der Waals surface area contributed by atoms with Gasteiger partial charge in [-0.3, -0.25) is 9.69 Å². The molecular formula is C22H27N4O2S+. The number of nitrogens with zero attached hydrogens (tertiary/aromatic N) is 3. The third-order valence-corrected chi connectivity index (χ3v) is 7.15. The highest BCUT2D eigenvalue weighted by Crippen LogP contribution is 2.43. The molecular weight excluding hydrogens is 384 g/mol. The quantitative estimate of drug-likeness (QED) is 0.775. The normalized spacial score (nSPS) is 18.3. The van der Waals surface area contributed by atoms with Crippen LogP contribution in [0.2, 0.25) is 0 Å². The minimum Gasteiger partial charge on any atom is -0.461 e. The molecule has 0 bridgehead atoms. The van der Waals surface area contributed by atoms with E-state index in [9.17, 15) is 10.1 Å². The molecule has 0 radical (unpaired) electrons. The number of aromatic nitrogens is 1. The second-order valence-electron chi connectivity index (χ2n) is 8.22. The number of nitrogens with one attached hydrogen (secondary N) is 1. The lowest BCUT2D eigenvalue weighted by Gasteiger charge is -2.34. The number of hydrogen-bond donors (Lipinski definition) is 0. The van der Waals surface area contributed by atoms with E-state index in [-0.39, 0.29) is 10.7 Å². The van der Waals surface area contributed by atoms with Gasteiger partial charge in [0.1, 0.15) is 24.7 Å². The second-order valence-corrected chi connectivity index (χ2v) is 9.90. The van der Waals surface area contributed by atoms with Gasteiger partial charge < -0.3 is 9.32 Å². The van der Waals surface area contributed by atoms with Crippen molar-refractivity contribution in [1.29, 1.82) is 5.26 Å². The van der Waals surface area contributed by atoms with Gasteiger partial charge in [-0.25, -0.2) is 4.98 Å². The summed E-state index contributed by atoms with van der Waals surface area (Å²) in [7, 11) is 0. The molecule has 0 unspecified atom stereocenters. The van der Waals surface area contributed by atoms with Gasteiger partial charge in [0.2, 0.25) is 5.91 Å². The molecule has 0 atom stereocenters. The highest BCUT2D eigenvalue weighted by atomic mass is 32.2. The first-order chi connectivity index (χ1) is 13.9. The zero-order valence-corrected chi connectivity index (χ0v) is 18.1. The summed E-state index contributed by atoms with van der Waals surface area (Å²) < 4.78 is 5.81. The monoisotopic (exact) mass is 411 g/mol. The van der Waals surface area contributed by atoms with E-state index >= 15 is 0 Å². The fraction of sp³-hybridized carbons (Fsp3) is 0.500. The number of carbonyl (C=O) groups excluding carboxylic acids is 1. The first kappa shape index (κ1) is 19.8. The topological polar surface area (TPSA) is 74.6 Å². The van der Waals surface area contributed by atoms with Crippen LogP contribution in [0.15, 0.2) is 22.8 Å². The van der Waals surface area contributed by atoms with Gasteiger partial charge in [-0.05, 0) is 24.1 Å². The SMILES string of the molecule is CCC(=O)N1CCN(c2[nH+]c(-c3ccco3)c3c(c2C#N)CC(C)(C)SC3)CC1. The largest absolute Gasteiger partial charge is 0.461 e. The molecule has 29 heavy (non-hydrogen) atoms. The Kier molecular flexibility index (Phi) is 5.30. The fourth-order valence-electron chi connectivity index (χ4n) is 4.19. The van der Waals surface area contributed by atoms with Crippen molar-refractivity contribution in [2.24, 2.45) is 0 Å². The number of hydrogen-bond acceptors (Lipinski definition) is 5. The van der Waals surface area contributed by atoms with Gasteiger partial charge in [-0.1, -0.05) is 20.8 Å². The Bertz CT molecular complexity index is 954. The maximum atomic E-state index is 12.0. The average molecular weight is 412 g/mol. The molecule has 2 aromatic heterocycles. The van der Waals surface area contributed by atoms with Crippen LogP contribution in [-0.4, -0.2) is 41.7 Å². The predicted molar refractivity (Wildman–Crippen MR) is 114 cm³/mol. The minimum atomic E-state index is 0.0872. The maximum absolute atomic E-state index is 12.0. The summed E-state index contributed by atoms with van der Waals surface area (Å²) in [6, 6.07) is 6.34. The van der Waals surface area contributed by atoms with E-state index in [0.717, 1.165) is 40.6 Å². The zero-order chi connectivity index (χ0) is 20.6. The van der Waals surface area contributed by atoms with Crippen LogP contribution in [0.25, 0.3) is 11.5 Å². The molecule has 1 fully saturated rings. The van der Waals surface area contributed by atoms with Crippen molar-refractivity contribution in [3.63, 3.8) is 0 Å². The summed E-state index contributed by atoms with van der Waals surface area (Å²) >= 11 is 1.91. The van der Waals surface area contributed by atoms with Gasteiger partial charge in [0.25, 0.3) is 5.82 Å². The molecule has 4 heterocycles. The van der Waals surface area contributed by atoms with Crippen molar-refractivity contribution in [3.8, 4) is 17.5 Å². The fourth-order valence-corrected chi connectivity index (χ4v) is 5.29. The number of pyridine rings is 1. The minimum absolute atomic E-state index is 0.0872. The third kappa shape index (κ3) is 3.74. The van der Waals surface area contributed by atoms with E-state index in [2.05, 4.69) is 29.8 Å². The lowest BCUT2D eigenvalue weighted by molar-refractivity contribution is -0.353. The Morgan fingerprint density at radius 1 is 1.31 bits per heavy atom. The molecule has 2 aliphatic rings. The number of carbonyl (C=O) groups is 1. The highest BCUT2D eigenvalue weighted by molar-refractivity contribution is 7.99. The van der Waals surface area contributed by atoms with Crippen molar-refractivity contribution < 1.29 is 14.2 Å². The van der Waals surface area contributed by atoms with Gasteiger partial charge in [0.15, 0.2) is 11.5 Å². The number of aromatic amines is 1. The molecule has 0 spiro atoms. The molecule has 7 heteroatoms. The van der Waals surface area contributed by atoms with Gasteiger partial charge in [-0.2, -0.15) is 17.0 Å². The summed E-state index contributed by atoms with van der Waals surface area (Å²) in [6.45, 7) is 9.16. The van der Waals surface area contributed by atoms with Gasteiger partial charge >= 0.3 is 0 Å². The van der Waals surface area contributed by atoms with Crippen LogP contribution >= 0.6 is 11.8 Å². The number of amides is 1. The van der Waals surface area contributed by atoms with E-state index in [0.29, 0.717) is 32.6 Å². The number of thioether (sulfide) groups is 1. The Morgan fingerprint density at radius 2 is 2.07 bits per heavy atom. The molecule has 1 saturated heterocycles. The first-order valence-corrected chi connectivity index (χ1v) is 11.1. The Hall–Kier alpha value is -2.46. The van der Waals surface area contributed by atoms with Crippen LogP contribution in [0.4, 0.5) is 5.82 Å².